The molecule has 0 radical (unpaired) electrons. The summed E-state index contributed by atoms with van der Waals surface area (Å²) in [7, 11) is 2.04. The number of nitrogens with zero attached hydrogens (tertiary/aromatic N) is 5. The van der Waals surface area contributed by atoms with Crippen LogP contribution in [0, 0.1) is 6.92 Å². The first-order chi connectivity index (χ1) is 17.0. The van der Waals surface area contributed by atoms with Gasteiger partial charge in [-0.2, -0.15) is 5.10 Å². The Kier molecular flexibility index (Phi) is 7.60. The van der Waals surface area contributed by atoms with Crippen molar-refractivity contribution in [2.75, 3.05) is 25.0 Å². The van der Waals surface area contributed by atoms with E-state index in [-0.39, 0.29) is 17.9 Å². The van der Waals surface area contributed by atoms with Crippen molar-refractivity contribution >= 4 is 22.8 Å². The summed E-state index contributed by atoms with van der Waals surface area (Å²) < 4.78 is 3.47. The number of anilines is 1. The standard InChI is InChI=1S/C27H32N6O2/c1-4-32-26-25(20(2)30-33(26)22-14-9-6-10-15-22)29-23(27(32)35)16-17-24(34)28-18-11-19-31(3)21-12-7-5-8-13-21/h5-10,12-15H,4,11,16-19H2,1-3H3,(H,28,34). The third kappa shape index (κ3) is 5.42. The van der Waals surface area contributed by atoms with E-state index in [9.17, 15) is 9.59 Å². The van der Waals surface area contributed by atoms with Gasteiger partial charge >= 0.3 is 0 Å². The number of carbonyl (C=O) groups excluding carboxylic acids is 1. The molecule has 4 rings (SSSR count). The van der Waals surface area contributed by atoms with Crippen molar-refractivity contribution in [2.24, 2.45) is 0 Å². The maximum absolute atomic E-state index is 13.2. The van der Waals surface area contributed by atoms with Crippen LogP contribution in [-0.2, 0) is 17.8 Å². The number of hydrogen-bond acceptors (Lipinski definition) is 5. The molecule has 2 aromatic carbocycles. The minimum Gasteiger partial charge on any atom is -0.375 e. The van der Waals surface area contributed by atoms with Gasteiger partial charge in [0.2, 0.25) is 5.91 Å². The number of aromatic nitrogens is 4. The molecule has 8 nitrogen and oxygen atoms in total. The molecule has 0 aliphatic carbocycles. The van der Waals surface area contributed by atoms with Crippen molar-refractivity contribution < 1.29 is 4.79 Å². The van der Waals surface area contributed by atoms with Gasteiger partial charge in [-0.05, 0) is 44.5 Å². The van der Waals surface area contributed by atoms with Crippen molar-refractivity contribution in [3.8, 4) is 5.69 Å². The molecule has 4 aromatic rings. The van der Waals surface area contributed by atoms with Crippen LogP contribution < -0.4 is 15.8 Å². The van der Waals surface area contributed by atoms with Gasteiger partial charge in [0.1, 0.15) is 11.2 Å². The highest BCUT2D eigenvalue weighted by atomic mass is 16.1. The summed E-state index contributed by atoms with van der Waals surface area (Å²) in [5.74, 6) is -0.0755. The number of nitrogens with one attached hydrogen (secondary N) is 1. The third-order valence-corrected chi connectivity index (χ3v) is 6.09. The van der Waals surface area contributed by atoms with Crippen LogP contribution in [0.5, 0.6) is 0 Å². The van der Waals surface area contributed by atoms with Gasteiger partial charge in [-0.3, -0.25) is 14.2 Å². The monoisotopic (exact) mass is 472 g/mol. The van der Waals surface area contributed by atoms with Gasteiger partial charge < -0.3 is 10.2 Å². The highest BCUT2D eigenvalue weighted by molar-refractivity contribution is 5.77. The Morgan fingerprint density at radius 2 is 1.74 bits per heavy atom. The maximum atomic E-state index is 13.2. The van der Waals surface area contributed by atoms with Crippen molar-refractivity contribution in [3.05, 3.63) is 82.4 Å². The molecule has 2 aromatic heterocycles. The number of aryl methyl sites for hydroxylation is 3. The lowest BCUT2D eigenvalue weighted by atomic mass is 10.2. The van der Waals surface area contributed by atoms with Crippen LogP contribution in [0.15, 0.2) is 65.5 Å². The average Bonchev–Trinajstić information content (AvgIpc) is 3.22. The van der Waals surface area contributed by atoms with Crippen LogP contribution in [0.1, 0.15) is 31.2 Å². The van der Waals surface area contributed by atoms with Crippen LogP contribution in [0.3, 0.4) is 0 Å². The Morgan fingerprint density at radius 1 is 1.06 bits per heavy atom. The Labute approximate surface area is 205 Å². The van der Waals surface area contributed by atoms with Crippen LogP contribution in [0.25, 0.3) is 16.9 Å². The Bertz CT molecular complexity index is 1350. The lowest BCUT2D eigenvalue weighted by molar-refractivity contribution is -0.121. The first-order valence-corrected chi connectivity index (χ1v) is 12.1. The maximum Gasteiger partial charge on any atom is 0.273 e. The van der Waals surface area contributed by atoms with Gasteiger partial charge in [0, 0.05) is 45.2 Å². The summed E-state index contributed by atoms with van der Waals surface area (Å²) in [5, 5.41) is 7.61. The van der Waals surface area contributed by atoms with Gasteiger partial charge in [-0.25, -0.2) is 9.67 Å². The van der Waals surface area contributed by atoms with E-state index in [1.54, 1.807) is 9.25 Å². The van der Waals surface area contributed by atoms with Crippen molar-refractivity contribution in [3.63, 3.8) is 0 Å². The van der Waals surface area contributed by atoms with Gasteiger partial charge in [0.05, 0.1) is 11.4 Å². The van der Waals surface area contributed by atoms with E-state index in [1.165, 1.54) is 0 Å². The SMILES string of the molecule is CCn1c(=O)c(CCC(=O)NCCCN(C)c2ccccc2)nc2c(C)nn(-c3ccccc3)c21. The topological polar surface area (TPSA) is 85.1 Å². The predicted octanol–water partition coefficient (Wildman–Crippen LogP) is 3.49. The molecule has 0 aliphatic rings. The number of benzene rings is 2. The predicted molar refractivity (Wildman–Crippen MR) is 139 cm³/mol. The number of hydrogen-bond donors (Lipinski definition) is 1. The molecular formula is C27H32N6O2. The molecule has 0 unspecified atom stereocenters. The summed E-state index contributed by atoms with van der Waals surface area (Å²) in [4.78, 5) is 32.5. The zero-order valence-corrected chi connectivity index (χ0v) is 20.6. The number of para-hydroxylation sites is 2. The zero-order valence-electron chi connectivity index (χ0n) is 20.6. The van der Waals surface area contributed by atoms with E-state index < -0.39 is 0 Å². The number of rotatable bonds is 10. The molecule has 8 heteroatoms. The Balaban J connectivity index is 1.40. The second-order valence-corrected chi connectivity index (χ2v) is 8.57. The molecule has 0 saturated carbocycles. The average molecular weight is 473 g/mol. The molecule has 2 heterocycles. The lowest BCUT2D eigenvalue weighted by Gasteiger charge is -2.19. The van der Waals surface area contributed by atoms with Crippen molar-refractivity contribution in [1.82, 2.24) is 24.6 Å². The fourth-order valence-electron chi connectivity index (χ4n) is 4.20. The van der Waals surface area contributed by atoms with Crippen LogP contribution >= 0.6 is 0 Å². The summed E-state index contributed by atoms with van der Waals surface area (Å²) in [6.45, 7) is 5.74. The van der Waals surface area contributed by atoms with Crippen molar-refractivity contribution in [1.29, 1.82) is 0 Å². The molecule has 1 N–H and O–H groups in total. The summed E-state index contributed by atoms with van der Waals surface area (Å²) in [6.07, 6.45) is 1.35. The molecule has 0 bridgehead atoms. The second kappa shape index (κ2) is 11.0. The second-order valence-electron chi connectivity index (χ2n) is 8.57. The summed E-state index contributed by atoms with van der Waals surface area (Å²) in [6, 6.07) is 19.9. The molecule has 35 heavy (non-hydrogen) atoms. The van der Waals surface area contributed by atoms with Crippen LogP contribution in [0.2, 0.25) is 0 Å². The van der Waals surface area contributed by atoms with Crippen LogP contribution in [-0.4, -0.2) is 45.4 Å². The number of carbonyl (C=O) groups is 1. The molecule has 0 saturated heterocycles. The van der Waals surface area contributed by atoms with E-state index >= 15 is 0 Å². The Hall–Kier alpha value is -3.94. The molecule has 182 valence electrons. The number of amides is 1. The van der Waals surface area contributed by atoms with Gasteiger partial charge in [-0.1, -0.05) is 36.4 Å². The van der Waals surface area contributed by atoms with E-state index in [0.717, 1.165) is 30.0 Å². The smallest absolute Gasteiger partial charge is 0.273 e. The molecule has 0 fully saturated rings. The fraction of sp³-hybridized carbons (Fsp3) is 0.333. The highest BCUT2D eigenvalue weighted by Crippen LogP contribution is 2.20. The number of fused-ring (bicyclic) bond motifs is 1. The van der Waals surface area contributed by atoms with E-state index in [1.807, 2.05) is 69.4 Å². The molecular weight excluding hydrogens is 440 g/mol. The highest BCUT2D eigenvalue weighted by Gasteiger charge is 2.19. The fourth-order valence-corrected chi connectivity index (χ4v) is 4.20. The van der Waals surface area contributed by atoms with E-state index in [4.69, 9.17) is 0 Å². The summed E-state index contributed by atoms with van der Waals surface area (Å²) in [5.41, 5.74) is 4.37. The van der Waals surface area contributed by atoms with E-state index in [2.05, 4.69) is 32.4 Å². The third-order valence-electron chi connectivity index (χ3n) is 6.09. The zero-order chi connectivity index (χ0) is 24.8. The first kappa shape index (κ1) is 24.2. The summed E-state index contributed by atoms with van der Waals surface area (Å²) >= 11 is 0. The minimum atomic E-state index is -0.172. The first-order valence-electron chi connectivity index (χ1n) is 12.1. The lowest BCUT2D eigenvalue weighted by Crippen LogP contribution is -2.30. The van der Waals surface area contributed by atoms with Gasteiger partial charge in [0.25, 0.3) is 5.56 Å². The largest absolute Gasteiger partial charge is 0.375 e. The molecule has 0 atom stereocenters. The van der Waals surface area contributed by atoms with Crippen LogP contribution in [0.4, 0.5) is 5.69 Å². The normalized spacial score (nSPS) is 11.1. The Morgan fingerprint density at radius 3 is 2.43 bits per heavy atom. The molecule has 0 spiro atoms. The van der Waals surface area contributed by atoms with Gasteiger partial charge in [0.15, 0.2) is 5.65 Å². The van der Waals surface area contributed by atoms with Crippen molar-refractivity contribution in [2.45, 2.75) is 39.7 Å². The molecule has 0 aliphatic heterocycles. The van der Waals surface area contributed by atoms with E-state index in [0.29, 0.717) is 36.4 Å². The quantitative estimate of drug-likeness (QED) is 0.357. The van der Waals surface area contributed by atoms with Gasteiger partial charge in [-0.15, -0.1) is 0 Å². The molecule has 1 amide bonds. The minimum absolute atomic E-state index is 0.0755.